The van der Waals surface area contributed by atoms with Crippen LogP contribution in [0.4, 0.5) is 0 Å². The number of benzene rings is 2. The summed E-state index contributed by atoms with van der Waals surface area (Å²) < 4.78 is 11.2. The number of hydrogen-bond donors (Lipinski definition) is 1. The SMILES string of the molecule is Cc1ccc(C(=O)N2CCC(NC(=O)COc3ccc(Oc4ccccn4)cc3)CC2)cc1. The summed E-state index contributed by atoms with van der Waals surface area (Å²) >= 11 is 0. The second-order valence-electron chi connectivity index (χ2n) is 8.03. The summed E-state index contributed by atoms with van der Waals surface area (Å²) in [6.07, 6.45) is 3.11. The summed E-state index contributed by atoms with van der Waals surface area (Å²) in [5, 5.41) is 3.01. The molecule has 1 aliphatic heterocycles. The summed E-state index contributed by atoms with van der Waals surface area (Å²) in [7, 11) is 0. The van der Waals surface area contributed by atoms with Gasteiger partial charge in [0.05, 0.1) is 0 Å². The van der Waals surface area contributed by atoms with E-state index in [-0.39, 0.29) is 24.5 Å². The van der Waals surface area contributed by atoms with Gasteiger partial charge in [0, 0.05) is 37.0 Å². The lowest BCUT2D eigenvalue weighted by atomic mass is 10.0. The number of nitrogens with zero attached hydrogens (tertiary/aromatic N) is 2. The standard InChI is InChI=1S/C26H27N3O4/c1-19-5-7-20(8-6-19)26(31)29-16-13-21(14-17-29)28-24(30)18-32-22-9-11-23(12-10-22)33-25-4-2-3-15-27-25/h2-12,15,21H,13-14,16-18H2,1H3,(H,28,30). The number of ether oxygens (including phenoxy) is 2. The molecular weight excluding hydrogens is 418 g/mol. The van der Waals surface area contributed by atoms with Crippen LogP contribution >= 0.6 is 0 Å². The van der Waals surface area contributed by atoms with Crippen molar-refractivity contribution in [2.45, 2.75) is 25.8 Å². The zero-order valence-electron chi connectivity index (χ0n) is 18.6. The number of carbonyl (C=O) groups is 2. The predicted molar refractivity (Wildman–Crippen MR) is 124 cm³/mol. The summed E-state index contributed by atoms with van der Waals surface area (Å²) in [4.78, 5) is 30.9. The van der Waals surface area contributed by atoms with Gasteiger partial charge in [-0.3, -0.25) is 9.59 Å². The molecule has 0 unspecified atom stereocenters. The van der Waals surface area contributed by atoms with Crippen LogP contribution in [0, 0.1) is 6.92 Å². The van der Waals surface area contributed by atoms with E-state index < -0.39 is 0 Å². The number of likely N-dealkylation sites (tertiary alicyclic amines) is 1. The molecular formula is C26H27N3O4. The van der Waals surface area contributed by atoms with Gasteiger partial charge in [-0.25, -0.2) is 4.98 Å². The molecule has 170 valence electrons. The van der Waals surface area contributed by atoms with Crippen molar-refractivity contribution < 1.29 is 19.1 Å². The Kier molecular flexibility index (Phi) is 7.19. The van der Waals surface area contributed by atoms with Gasteiger partial charge >= 0.3 is 0 Å². The van der Waals surface area contributed by atoms with E-state index in [4.69, 9.17) is 9.47 Å². The molecule has 4 rings (SSSR count). The normalized spacial score (nSPS) is 13.9. The van der Waals surface area contributed by atoms with Crippen LogP contribution in [-0.2, 0) is 4.79 Å². The Labute approximate surface area is 193 Å². The van der Waals surface area contributed by atoms with E-state index in [0.717, 1.165) is 18.4 Å². The van der Waals surface area contributed by atoms with E-state index >= 15 is 0 Å². The summed E-state index contributed by atoms with van der Waals surface area (Å²) in [6, 6.07) is 20.1. The quantitative estimate of drug-likeness (QED) is 0.595. The summed E-state index contributed by atoms with van der Waals surface area (Å²) in [5.74, 6) is 1.59. The van der Waals surface area contributed by atoms with Gasteiger partial charge in [-0.2, -0.15) is 0 Å². The maximum absolute atomic E-state index is 12.6. The van der Waals surface area contributed by atoms with E-state index in [9.17, 15) is 9.59 Å². The van der Waals surface area contributed by atoms with Crippen LogP contribution in [0.15, 0.2) is 72.9 Å². The number of aromatic nitrogens is 1. The average molecular weight is 446 g/mol. The first-order chi connectivity index (χ1) is 16.1. The van der Waals surface area contributed by atoms with Crippen LogP contribution in [0.1, 0.15) is 28.8 Å². The van der Waals surface area contributed by atoms with Crippen molar-refractivity contribution >= 4 is 11.8 Å². The first-order valence-corrected chi connectivity index (χ1v) is 11.0. The molecule has 1 N–H and O–H groups in total. The highest BCUT2D eigenvalue weighted by atomic mass is 16.5. The molecule has 3 aromatic rings. The number of amides is 2. The van der Waals surface area contributed by atoms with E-state index in [2.05, 4.69) is 10.3 Å². The maximum atomic E-state index is 12.6. The third-order valence-corrected chi connectivity index (χ3v) is 5.50. The van der Waals surface area contributed by atoms with Gasteiger partial charge in [0.25, 0.3) is 11.8 Å². The number of carbonyl (C=O) groups excluding carboxylic acids is 2. The topological polar surface area (TPSA) is 80.8 Å². The van der Waals surface area contributed by atoms with Crippen LogP contribution in [0.5, 0.6) is 17.4 Å². The predicted octanol–water partition coefficient (Wildman–Crippen LogP) is 3.98. The molecule has 1 aromatic heterocycles. The fourth-order valence-corrected chi connectivity index (χ4v) is 3.66. The lowest BCUT2D eigenvalue weighted by Crippen LogP contribution is -2.47. The van der Waals surface area contributed by atoms with Crippen molar-refractivity contribution in [2.24, 2.45) is 0 Å². The van der Waals surface area contributed by atoms with E-state index in [1.807, 2.05) is 48.2 Å². The monoisotopic (exact) mass is 445 g/mol. The highest BCUT2D eigenvalue weighted by molar-refractivity contribution is 5.94. The second kappa shape index (κ2) is 10.6. The number of rotatable bonds is 7. The maximum Gasteiger partial charge on any atom is 0.258 e. The van der Waals surface area contributed by atoms with Gasteiger partial charge in [-0.15, -0.1) is 0 Å². The molecule has 2 amide bonds. The zero-order valence-corrected chi connectivity index (χ0v) is 18.6. The largest absolute Gasteiger partial charge is 0.484 e. The molecule has 0 spiro atoms. The van der Waals surface area contributed by atoms with Crippen LogP contribution in [-0.4, -0.2) is 47.4 Å². The first-order valence-electron chi connectivity index (χ1n) is 11.0. The molecule has 0 radical (unpaired) electrons. The van der Waals surface area contributed by atoms with Crippen LogP contribution in [0.3, 0.4) is 0 Å². The second-order valence-corrected chi connectivity index (χ2v) is 8.03. The molecule has 1 saturated heterocycles. The third kappa shape index (κ3) is 6.32. The van der Waals surface area contributed by atoms with E-state index in [1.54, 1.807) is 36.5 Å². The molecule has 33 heavy (non-hydrogen) atoms. The molecule has 7 heteroatoms. The Morgan fingerprint density at radius 2 is 1.67 bits per heavy atom. The number of hydrogen-bond acceptors (Lipinski definition) is 5. The van der Waals surface area contributed by atoms with Gasteiger partial charge in [-0.05, 0) is 62.2 Å². The third-order valence-electron chi connectivity index (χ3n) is 5.50. The smallest absolute Gasteiger partial charge is 0.258 e. The minimum Gasteiger partial charge on any atom is -0.484 e. The molecule has 0 atom stereocenters. The van der Waals surface area contributed by atoms with Gasteiger partial charge < -0.3 is 19.7 Å². The zero-order chi connectivity index (χ0) is 23.0. The van der Waals surface area contributed by atoms with Crippen LogP contribution < -0.4 is 14.8 Å². The average Bonchev–Trinajstić information content (AvgIpc) is 2.85. The van der Waals surface area contributed by atoms with Crippen molar-refractivity contribution in [3.05, 3.63) is 84.1 Å². The molecule has 1 fully saturated rings. The minimum absolute atomic E-state index is 0.0392. The van der Waals surface area contributed by atoms with Gasteiger partial charge in [0.1, 0.15) is 11.5 Å². The molecule has 2 aromatic carbocycles. The Balaban J connectivity index is 1.18. The fourth-order valence-electron chi connectivity index (χ4n) is 3.66. The summed E-state index contributed by atoms with van der Waals surface area (Å²) in [6.45, 7) is 3.18. The lowest BCUT2D eigenvalue weighted by Gasteiger charge is -2.32. The number of aryl methyl sites for hydroxylation is 1. The van der Waals surface area contributed by atoms with Gasteiger partial charge in [0.2, 0.25) is 5.88 Å². The van der Waals surface area contributed by atoms with Crippen LogP contribution in [0.2, 0.25) is 0 Å². The van der Waals surface area contributed by atoms with Gasteiger partial charge in [0.15, 0.2) is 6.61 Å². The van der Waals surface area contributed by atoms with Crippen molar-refractivity contribution in [1.82, 2.24) is 15.2 Å². The molecule has 0 aliphatic carbocycles. The Morgan fingerprint density at radius 3 is 2.33 bits per heavy atom. The Bertz CT molecular complexity index is 1060. The number of nitrogens with one attached hydrogen (secondary N) is 1. The van der Waals surface area contributed by atoms with E-state index in [0.29, 0.717) is 36.0 Å². The number of piperidine rings is 1. The summed E-state index contributed by atoms with van der Waals surface area (Å²) in [5.41, 5.74) is 1.83. The fraction of sp³-hybridized carbons (Fsp3) is 0.269. The molecule has 0 bridgehead atoms. The van der Waals surface area contributed by atoms with Crippen molar-refractivity contribution in [3.63, 3.8) is 0 Å². The highest BCUT2D eigenvalue weighted by Crippen LogP contribution is 2.22. The van der Waals surface area contributed by atoms with Crippen molar-refractivity contribution in [1.29, 1.82) is 0 Å². The molecule has 2 heterocycles. The number of pyridine rings is 1. The first kappa shape index (κ1) is 22.3. The molecule has 1 aliphatic rings. The van der Waals surface area contributed by atoms with Gasteiger partial charge in [-0.1, -0.05) is 23.8 Å². The minimum atomic E-state index is -0.174. The van der Waals surface area contributed by atoms with Crippen molar-refractivity contribution in [3.8, 4) is 17.4 Å². The molecule has 0 saturated carbocycles. The van der Waals surface area contributed by atoms with E-state index in [1.165, 1.54) is 0 Å². The molecule has 7 nitrogen and oxygen atoms in total. The highest BCUT2D eigenvalue weighted by Gasteiger charge is 2.24. The van der Waals surface area contributed by atoms with Crippen LogP contribution in [0.25, 0.3) is 0 Å². The van der Waals surface area contributed by atoms with Crippen molar-refractivity contribution in [2.75, 3.05) is 19.7 Å². The Morgan fingerprint density at radius 1 is 0.970 bits per heavy atom. The Hall–Kier alpha value is -3.87. The lowest BCUT2D eigenvalue weighted by molar-refractivity contribution is -0.124.